The predicted molar refractivity (Wildman–Crippen MR) is 147 cm³/mol. The van der Waals surface area contributed by atoms with Gasteiger partial charge in [-0.15, -0.1) is 0 Å². The number of benzene rings is 2. The van der Waals surface area contributed by atoms with Crippen molar-refractivity contribution in [1.82, 2.24) is 0 Å². The molecule has 0 aliphatic heterocycles. The van der Waals surface area contributed by atoms with Gasteiger partial charge < -0.3 is 4.74 Å². The van der Waals surface area contributed by atoms with Crippen LogP contribution in [0.15, 0.2) is 58.8 Å². The number of hydrogen-bond acceptors (Lipinski definition) is 3. The maximum atomic E-state index is 5.86. The molecule has 2 aromatic carbocycles. The summed E-state index contributed by atoms with van der Waals surface area (Å²) in [6.45, 7) is 5.33. The molecule has 0 fully saturated rings. The van der Waals surface area contributed by atoms with Crippen molar-refractivity contribution < 1.29 is 4.74 Å². The van der Waals surface area contributed by atoms with Gasteiger partial charge in [-0.2, -0.15) is 10.2 Å². The van der Waals surface area contributed by atoms with E-state index in [0.717, 1.165) is 36.6 Å². The van der Waals surface area contributed by atoms with E-state index in [9.17, 15) is 0 Å². The van der Waals surface area contributed by atoms with Gasteiger partial charge in [0.2, 0.25) is 0 Å². The van der Waals surface area contributed by atoms with Crippen molar-refractivity contribution in [3.05, 3.63) is 54.1 Å². The van der Waals surface area contributed by atoms with Crippen LogP contribution in [0.25, 0.3) is 0 Å². The highest BCUT2D eigenvalue weighted by Gasteiger charge is 1.98. The Bertz CT molecular complexity index is 687. The lowest BCUT2D eigenvalue weighted by atomic mass is 10.0. The lowest BCUT2D eigenvalue weighted by Crippen LogP contribution is -1.96. The van der Waals surface area contributed by atoms with E-state index >= 15 is 0 Å². The van der Waals surface area contributed by atoms with Crippen LogP contribution in [0.3, 0.4) is 0 Å². The van der Waals surface area contributed by atoms with E-state index in [1.54, 1.807) is 0 Å². The molecule has 0 spiro atoms. The van der Waals surface area contributed by atoms with Crippen LogP contribution < -0.4 is 4.74 Å². The molecule has 3 heteroatoms. The molecule has 3 nitrogen and oxygen atoms in total. The minimum atomic E-state index is 0.792. The smallest absolute Gasteiger partial charge is 0.119 e. The van der Waals surface area contributed by atoms with Gasteiger partial charge in [-0.05, 0) is 61.2 Å². The van der Waals surface area contributed by atoms with Gasteiger partial charge in [-0.3, -0.25) is 0 Å². The Morgan fingerprint density at radius 2 is 0.941 bits per heavy atom. The first-order chi connectivity index (χ1) is 16.8. The molecule has 0 atom stereocenters. The van der Waals surface area contributed by atoms with Crippen LogP contribution in [-0.2, 0) is 6.42 Å². The van der Waals surface area contributed by atoms with Crippen molar-refractivity contribution in [2.75, 3.05) is 6.61 Å². The third-order valence-electron chi connectivity index (χ3n) is 6.39. The number of unbranched alkanes of at least 4 members (excludes halogenated alkanes) is 13. The van der Waals surface area contributed by atoms with Gasteiger partial charge in [0.25, 0.3) is 0 Å². The normalized spacial score (nSPS) is 11.4. The number of rotatable bonds is 20. The van der Waals surface area contributed by atoms with Crippen LogP contribution in [0, 0.1) is 0 Å². The molecule has 0 unspecified atom stereocenters. The molecule has 0 N–H and O–H groups in total. The lowest BCUT2D eigenvalue weighted by molar-refractivity contribution is 0.304. The first kappa shape index (κ1) is 28.1. The summed E-state index contributed by atoms with van der Waals surface area (Å²) in [5.41, 5.74) is 3.15. The van der Waals surface area contributed by atoms with Gasteiger partial charge in [0.15, 0.2) is 0 Å². The largest absolute Gasteiger partial charge is 0.494 e. The Hall–Kier alpha value is -2.16. The summed E-state index contributed by atoms with van der Waals surface area (Å²) in [4.78, 5) is 0. The SMILES string of the molecule is CCCCCCCCCCc1ccc(N=Nc2ccc(OCCCCCCCCC)cc2)cc1. The quantitative estimate of drug-likeness (QED) is 0.142. The Balaban J connectivity index is 1.60. The molecule has 0 radical (unpaired) electrons. The number of aryl methyl sites for hydroxylation is 1. The molecule has 0 aliphatic rings. The van der Waals surface area contributed by atoms with Crippen molar-refractivity contribution in [1.29, 1.82) is 0 Å². The molecule has 0 amide bonds. The molecule has 0 aromatic heterocycles. The van der Waals surface area contributed by atoms with Gasteiger partial charge in [-0.1, -0.05) is 109 Å². The monoisotopic (exact) mass is 464 g/mol. The molecular formula is C31H48N2O. The van der Waals surface area contributed by atoms with E-state index in [1.807, 2.05) is 24.3 Å². The maximum absolute atomic E-state index is 5.86. The van der Waals surface area contributed by atoms with Crippen molar-refractivity contribution in [2.45, 2.75) is 117 Å². The summed E-state index contributed by atoms with van der Waals surface area (Å²) in [7, 11) is 0. The van der Waals surface area contributed by atoms with Gasteiger partial charge >= 0.3 is 0 Å². The van der Waals surface area contributed by atoms with E-state index in [4.69, 9.17) is 4.74 Å². The minimum Gasteiger partial charge on any atom is -0.494 e. The zero-order chi connectivity index (χ0) is 24.1. The first-order valence-electron chi connectivity index (χ1n) is 14.1. The topological polar surface area (TPSA) is 34.0 Å². The second-order valence-corrected chi connectivity index (χ2v) is 9.56. The summed E-state index contributed by atoms with van der Waals surface area (Å²) in [6, 6.07) is 16.4. The van der Waals surface area contributed by atoms with Gasteiger partial charge in [0.05, 0.1) is 18.0 Å². The zero-order valence-corrected chi connectivity index (χ0v) is 21.9. The molecule has 2 rings (SSSR count). The number of nitrogens with zero attached hydrogens (tertiary/aromatic N) is 2. The maximum Gasteiger partial charge on any atom is 0.119 e. The average molecular weight is 465 g/mol. The zero-order valence-electron chi connectivity index (χ0n) is 21.9. The molecule has 0 saturated heterocycles. The number of azo groups is 1. The van der Waals surface area contributed by atoms with E-state index in [-0.39, 0.29) is 0 Å². The molecule has 0 aliphatic carbocycles. The van der Waals surface area contributed by atoms with E-state index in [0.29, 0.717) is 0 Å². The van der Waals surface area contributed by atoms with Crippen molar-refractivity contribution >= 4 is 11.4 Å². The van der Waals surface area contributed by atoms with Crippen molar-refractivity contribution in [3.8, 4) is 5.75 Å². The van der Waals surface area contributed by atoms with Crippen LogP contribution in [-0.4, -0.2) is 6.61 Å². The third-order valence-corrected chi connectivity index (χ3v) is 6.39. The third kappa shape index (κ3) is 13.5. The number of ether oxygens (including phenoxy) is 1. The van der Waals surface area contributed by atoms with E-state index < -0.39 is 0 Å². The van der Waals surface area contributed by atoms with Crippen molar-refractivity contribution in [2.24, 2.45) is 10.2 Å². The molecule has 0 saturated carbocycles. The molecule has 188 valence electrons. The summed E-state index contributed by atoms with van der Waals surface area (Å²) in [5.74, 6) is 0.912. The van der Waals surface area contributed by atoms with Crippen LogP contribution >= 0.6 is 0 Å². The summed E-state index contributed by atoms with van der Waals surface area (Å²) < 4.78 is 5.86. The highest BCUT2D eigenvalue weighted by atomic mass is 16.5. The standard InChI is InChI=1S/C31H48N2O/c1-3-5-7-9-11-12-14-16-18-28-19-21-29(22-20-28)32-33-30-23-25-31(26-24-30)34-27-17-15-13-10-8-6-4-2/h19-26H,3-18,27H2,1-2H3. The minimum absolute atomic E-state index is 0.792. The Morgan fingerprint density at radius 1 is 0.500 bits per heavy atom. The molecule has 0 heterocycles. The molecule has 0 bridgehead atoms. The van der Waals surface area contributed by atoms with Crippen LogP contribution in [0.5, 0.6) is 5.75 Å². The Morgan fingerprint density at radius 3 is 1.47 bits per heavy atom. The molecular weight excluding hydrogens is 416 g/mol. The lowest BCUT2D eigenvalue weighted by Gasteiger charge is -2.06. The van der Waals surface area contributed by atoms with Crippen LogP contribution in [0.2, 0.25) is 0 Å². The summed E-state index contributed by atoms with van der Waals surface area (Å²) in [6.07, 6.45) is 21.2. The van der Waals surface area contributed by atoms with Crippen LogP contribution in [0.1, 0.15) is 116 Å². The van der Waals surface area contributed by atoms with Gasteiger partial charge in [-0.25, -0.2) is 0 Å². The summed E-state index contributed by atoms with van der Waals surface area (Å²) in [5, 5.41) is 8.77. The van der Waals surface area contributed by atoms with Crippen molar-refractivity contribution in [3.63, 3.8) is 0 Å². The van der Waals surface area contributed by atoms with Gasteiger partial charge in [0, 0.05) is 0 Å². The number of hydrogen-bond donors (Lipinski definition) is 0. The molecule has 34 heavy (non-hydrogen) atoms. The highest BCUT2D eigenvalue weighted by molar-refractivity contribution is 5.43. The first-order valence-corrected chi connectivity index (χ1v) is 14.1. The predicted octanol–water partition coefficient (Wildman–Crippen LogP) is 10.9. The Labute approximate surface area is 209 Å². The second-order valence-electron chi connectivity index (χ2n) is 9.56. The average Bonchev–Trinajstić information content (AvgIpc) is 2.87. The van der Waals surface area contributed by atoms with Crippen LogP contribution in [0.4, 0.5) is 11.4 Å². The van der Waals surface area contributed by atoms with E-state index in [2.05, 4.69) is 48.3 Å². The van der Waals surface area contributed by atoms with E-state index in [1.165, 1.54) is 95.5 Å². The highest BCUT2D eigenvalue weighted by Crippen LogP contribution is 2.22. The summed E-state index contributed by atoms with van der Waals surface area (Å²) >= 11 is 0. The Kier molecular flexibility index (Phi) is 15.8. The van der Waals surface area contributed by atoms with Gasteiger partial charge in [0.1, 0.15) is 5.75 Å². The second kappa shape index (κ2) is 19.2. The fraction of sp³-hybridized carbons (Fsp3) is 0.613. The fourth-order valence-electron chi connectivity index (χ4n) is 4.17. The fourth-order valence-corrected chi connectivity index (χ4v) is 4.17. The molecule has 2 aromatic rings.